The van der Waals surface area contributed by atoms with Crippen LogP contribution in [0.5, 0.6) is 0 Å². The molecule has 0 spiro atoms. The molecule has 2 aromatic heterocycles. The fourth-order valence-electron chi connectivity index (χ4n) is 3.92. The average Bonchev–Trinajstić information content (AvgIpc) is 3.35. The van der Waals surface area contributed by atoms with Crippen molar-refractivity contribution in [3.63, 3.8) is 0 Å². The van der Waals surface area contributed by atoms with E-state index in [1.165, 1.54) is 6.26 Å². The Morgan fingerprint density at radius 1 is 1.29 bits per heavy atom. The smallest absolute Gasteiger partial charge is 0.290 e. The maximum Gasteiger partial charge on any atom is 0.290 e. The molecule has 1 saturated heterocycles. The Bertz CT molecular complexity index is 837. The van der Waals surface area contributed by atoms with E-state index in [-0.39, 0.29) is 17.9 Å². The van der Waals surface area contributed by atoms with Crippen LogP contribution in [0.4, 0.5) is 0 Å². The molecular formula is C20H26N4O4. The summed E-state index contributed by atoms with van der Waals surface area (Å²) < 4.78 is 12.6. The first kappa shape index (κ1) is 18.7. The van der Waals surface area contributed by atoms with Gasteiger partial charge in [0.15, 0.2) is 5.76 Å². The van der Waals surface area contributed by atoms with E-state index in [9.17, 15) is 9.59 Å². The number of ether oxygens (including phenoxy) is 1. The normalized spacial score (nSPS) is 20.0. The first-order valence-electron chi connectivity index (χ1n) is 9.82. The van der Waals surface area contributed by atoms with E-state index in [0.717, 1.165) is 37.3 Å². The van der Waals surface area contributed by atoms with E-state index in [1.807, 2.05) is 17.7 Å². The van der Waals surface area contributed by atoms with Gasteiger partial charge in [0.05, 0.1) is 31.0 Å². The maximum atomic E-state index is 12.9. The standard InChI is InChI=1S/C20H26N4O4/c1-14-3-9-28-19(14)20(26)23-12-16-2-6-22-24(16)17(13-23)10-18(25)21-11-15-4-7-27-8-5-15/h2-3,6,9,15,17H,4-5,7-8,10-13H2,1H3,(H,21,25)/t17-/m1/s1. The summed E-state index contributed by atoms with van der Waals surface area (Å²) in [6.07, 6.45) is 5.50. The number of rotatable bonds is 5. The molecule has 0 unspecified atom stereocenters. The molecule has 4 rings (SSSR count). The van der Waals surface area contributed by atoms with E-state index < -0.39 is 0 Å². The first-order valence-corrected chi connectivity index (χ1v) is 9.82. The van der Waals surface area contributed by atoms with Crippen LogP contribution in [0.2, 0.25) is 0 Å². The number of carbonyl (C=O) groups is 2. The summed E-state index contributed by atoms with van der Waals surface area (Å²) in [5.41, 5.74) is 1.74. The summed E-state index contributed by atoms with van der Waals surface area (Å²) in [5.74, 6) is 0.670. The molecule has 0 aromatic carbocycles. The van der Waals surface area contributed by atoms with Gasteiger partial charge in [-0.1, -0.05) is 0 Å². The molecule has 1 fully saturated rings. The maximum absolute atomic E-state index is 12.9. The average molecular weight is 386 g/mol. The summed E-state index contributed by atoms with van der Waals surface area (Å²) in [7, 11) is 0. The summed E-state index contributed by atoms with van der Waals surface area (Å²) in [6.45, 7) is 4.95. The van der Waals surface area contributed by atoms with Gasteiger partial charge in [-0.2, -0.15) is 5.10 Å². The molecule has 1 N–H and O–H groups in total. The topological polar surface area (TPSA) is 89.6 Å². The highest BCUT2D eigenvalue weighted by Crippen LogP contribution is 2.25. The monoisotopic (exact) mass is 386 g/mol. The number of aromatic nitrogens is 2. The molecule has 1 atom stereocenters. The largest absolute Gasteiger partial charge is 0.459 e. The number of furan rings is 1. The molecule has 2 aliphatic heterocycles. The Morgan fingerprint density at radius 3 is 2.86 bits per heavy atom. The van der Waals surface area contributed by atoms with Crippen molar-refractivity contribution in [2.45, 2.75) is 38.8 Å². The summed E-state index contributed by atoms with van der Waals surface area (Å²) in [4.78, 5) is 27.1. The molecule has 0 saturated carbocycles. The molecule has 150 valence electrons. The Labute approximate surface area is 163 Å². The zero-order valence-electron chi connectivity index (χ0n) is 16.1. The van der Waals surface area contributed by atoms with Crippen molar-refractivity contribution in [2.75, 3.05) is 26.3 Å². The van der Waals surface area contributed by atoms with E-state index in [2.05, 4.69) is 10.4 Å². The van der Waals surface area contributed by atoms with Crippen LogP contribution >= 0.6 is 0 Å². The predicted octanol–water partition coefficient (Wildman–Crippen LogP) is 1.91. The molecule has 28 heavy (non-hydrogen) atoms. The van der Waals surface area contributed by atoms with Crippen molar-refractivity contribution in [1.82, 2.24) is 20.0 Å². The second-order valence-electron chi connectivity index (χ2n) is 7.60. The lowest BCUT2D eigenvalue weighted by molar-refractivity contribution is -0.122. The van der Waals surface area contributed by atoms with Gasteiger partial charge in [0, 0.05) is 38.1 Å². The minimum atomic E-state index is -0.187. The van der Waals surface area contributed by atoms with E-state index in [4.69, 9.17) is 9.15 Å². The first-order chi connectivity index (χ1) is 13.6. The molecule has 8 nitrogen and oxygen atoms in total. The molecule has 2 aliphatic rings. The number of hydrogen-bond donors (Lipinski definition) is 1. The zero-order valence-corrected chi connectivity index (χ0v) is 16.1. The summed E-state index contributed by atoms with van der Waals surface area (Å²) >= 11 is 0. The molecule has 2 amide bonds. The van der Waals surface area contributed by atoms with Crippen LogP contribution in [0.25, 0.3) is 0 Å². The number of amides is 2. The van der Waals surface area contributed by atoms with Gasteiger partial charge < -0.3 is 19.4 Å². The van der Waals surface area contributed by atoms with Crippen LogP contribution in [0, 0.1) is 12.8 Å². The molecule has 8 heteroatoms. The van der Waals surface area contributed by atoms with E-state index in [1.54, 1.807) is 17.2 Å². The quantitative estimate of drug-likeness (QED) is 0.848. The van der Waals surface area contributed by atoms with Crippen LogP contribution < -0.4 is 5.32 Å². The highest BCUT2D eigenvalue weighted by Gasteiger charge is 2.32. The Balaban J connectivity index is 1.40. The number of nitrogens with zero attached hydrogens (tertiary/aromatic N) is 3. The zero-order chi connectivity index (χ0) is 19.5. The highest BCUT2D eigenvalue weighted by atomic mass is 16.5. The molecule has 0 bridgehead atoms. The van der Waals surface area contributed by atoms with Gasteiger partial charge in [0.25, 0.3) is 5.91 Å². The SMILES string of the molecule is Cc1ccoc1C(=O)N1Cc2ccnn2[C@H](CC(=O)NCC2CCOCC2)C1. The number of carbonyl (C=O) groups excluding carboxylic acids is 2. The van der Waals surface area contributed by atoms with Gasteiger partial charge in [0.2, 0.25) is 5.91 Å². The number of aryl methyl sites for hydroxylation is 1. The van der Waals surface area contributed by atoms with Gasteiger partial charge in [-0.15, -0.1) is 0 Å². The van der Waals surface area contributed by atoms with Gasteiger partial charge in [-0.3, -0.25) is 14.3 Å². The van der Waals surface area contributed by atoms with Crippen molar-refractivity contribution in [1.29, 1.82) is 0 Å². The van der Waals surface area contributed by atoms with Crippen molar-refractivity contribution in [3.05, 3.63) is 41.6 Å². The summed E-state index contributed by atoms with van der Waals surface area (Å²) in [6, 6.07) is 3.48. The second kappa shape index (κ2) is 8.18. The Morgan fingerprint density at radius 2 is 2.11 bits per heavy atom. The van der Waals surface area contributed by atoms with Crippen LogP contribution in [-0.4, -0.2) is 52.8 Å². The Kier molecular flexibility index (Phi) is 5.47. The van der Waals surface area contributed by atoms with Crippen LogP contribution in [0.3, 0.4) is 0 Å². The molecule has 2 aromatic rings. The van der Waals surface area contributed by atoms with Gasteiger partial charge in [0.1, 0.15) is 0 Å². The second-order valence-corrected chi connectivity index (χ2v) is 7.60. The van der Waals surface area contributed by atoms with Crippen LogP contribution in [0.15, 0.2) is 29.0 Å². The lowest BCUT2D eigenvalue weighted by Crippen LogP contribution is -2.43. The van der Waals surface area contributed by atoms with Crippen molar-refractivity contribution in [2.24, 2.45) is 5.92 Å². The van der Waals surface area contributed by atoms with Crippen LogP contribution in [0.1, 0.15) is 47.1 Å². The fraction of sp³-hybridized carbons (Fsp3) is 0.550. The van der Waals surface area contributed by atoms with Crippen molar-refractivity contribution < 1.29 is 18.7 Å². The summed E-state index contributed by atoms with van der Waals surface area (Å²) in [5, 5.41) is 7.42. The molecular weight excluding hydrogens is 360 g/mol. The third-order valence-corrected chi connectivity index (χ3v) is 5.58. The molecule has 4 heterocycles. The number of hydrogen-bond acceptors (Lipinski definition) is 5. The number of fused-ring (bicyclic) bond motifs is 1. The minimum Gasteiger partial charge on any atom is -0.459 e. The Hall–Kier alpha value is -2.61. The third-order valence-electron chi connectivity index (χ3n) is 5.58. The lowest BCUT2D eigenvalue weighted by atomic mass is 10.0. The minimum absolute atomic E-state index is 0.0126. The number of nitrogens with one attached hydrogen (secondary N) is 1. The molecule has 0 radical (unpaired) electrons. The van der Waals surface area contributed by atoms with Gasteiger partial charge >= 0.3 is 0 Å². The lowest BCUT2D eigenvalue weighted by Gasteiger charge is -2.33. The fourth-order valence-corrected chi connectivity index (χ4v) is 3.92. The van der Waals surface area contributed by atoms with Crippen molar-refractivity contribution in [3.8, 4) is 0 Å². The van der Waals surface area contributed by atoms with Crippen molar-refractivity contribution >= 4 is 11.8 Å². The third kappa shape index (κ3) is 3.96. The molecule has 0 aliphatic carbocycles. The van der Waals surface area contributed by atoms with Gasteiger partial charge in [-0.25, -0.2) is 0 Å². The van der Waals surface area contributed by atoms with E-state index >= 15 is 0 Å². The van der Waals surface area contributed by atoms with E-state index in [0.29, 0.717) is 37.7 Å². The van der Waals surface area contributed by atoms with Crippen LogP contribution in [-0.2, 0) is 16.1 Å². The highest BCUT2D eigenvalue weighted by molar-refractivity contribution is 5.93. The predicted molar refractivity (Wildman–Crippen MR) is 101 cm³/mol. The van der Waals surface area contributed by atoms with Gasteiger partial charge in [-0.05, 0) is 37.8 Å².